The Balaban J connectivity index is 2.44. The lowest BCUT2D eigenvalue weighted by molar-refractivity contribution is 0.112. The molecule has 90 valence electrons. The molecule has 0 unspecified atom stereocenters. The number of rotatable bonds is 4. The van der Waals surface area contributed by atoms with E-state index in [0.29, 0.717) is 5.56 Å². The van der Waals surface area contributed by atoms with Gasteiger partial charge in [-0.3, -0.25) is 9.79 Å². The zero-order chi connectivity index (χ0) is 12.8. The minimum Gasteiger partial charge on any atom is -0.298 e. The van der Waals surface area contributed by atoms with Crippen LogP contribution in [0.25, 0.3) is 0 Å². The Labute approximate surface area is 107 Å². The van der Waals surface area contributed by atoms with E-state index in [0.717, 1.165) is 29.7 Å². The highest BCUT2D eigenvalue weighted by molar-refractivity contribution is 6.02. The molecule has 0 heterocycles. The molecule has 0 spiro atoms. The summed E-state index contributed by atoms with van der Waals surface area (Å²) in [5.41, 5.74) is 3.44. The van der Waals surface area contributed by atoms with E-state index in [2.05, 4.69) is 11.9 Å². The van der Waals surface area contributed by atoms with Crippen LogP contribution in [0.1, 0.15) is 29.3 Å². The van der Waals surface area contributed by atoms with Crippen LogP contribution in [-0.4, -0.2) is 12.0 Å². The fraction of sp³-hybridized carbons (Fsp3) is 0.125. The fourth-order valence-electron chi connectivity index (χ4n) is 1.81. The summed E-state index contributed by atoms with van der Waals surface area (Å²) in [5, 5.41) is 0. The molecule has 2 aromatic carbocycles. The van der Waals surface area contributed by atoms with Crippen LogP contribution < -0.4 is 0 Å². The van der Waals surface area contributed by atoms with Crippen molar-refractivity contribution < 1.29 is 4.79 Å². The highest BCUT2D eigenvalue weighted by Gasteiger charge is 2.03. The molecule has 2 heteroatoms. The molecule has 0 saturated carbocycles. The first-order valence-corrected chi connectivity index (χ1v) is 6.02. The quantitative estimate of drug-likeness (QED) is 0.583. The molecular weight excluding hydrogens is 222 g/mol. The highest BCUT2D eigenvalue weighted by Crippen LogP contribution is 2.19. The Morgan fingerprint density at radius 1 is 1.06 bits per heavy atom. The molecule has 0 atom stereocenters. The van der Waals surface area contributed by atoms with Gasteiger partial charge in [0.15, 0.2) is 6.29 Å². The summed E-state index contributed by atoms with van der Waals surface area (Å²) < 4.78 is 0. The lowest BCUT2D eigenvalue weighted by Gasteiger charge is -2.05. The molecule has 0 radical (unpaired) electrons. The van der Waals surface area contributed by atoms with Gasteiger partial charge >= 0.3 is 0 Å². The van der Waals surface area contributed by atoms with Crippen molar-refractivity contribution in [3.05, 3.63) is 65.7 Å². The Bertz CT molecular complexity index is 558. The summed E-state index contributed by atoms with van der Waals surface area (Å²) in [7, 11) is 0. The van der Waals surface area contributed by atoms with E-state index >= 15 is 0 Å². The third kappa shape index (κ3) is 2.72. The number of aliphatic imine (C=N–C) groups is 1. The predicted molar refractivity (Wildman–Crippen MR) is 74.8 cm³/mol. The number of aldehydes is 1. The van der Waals surface area contributed by atoms with Crippen molar-refractivity contribution in [3.8, 4) is 0 Å². The second kappa shape index (κ2) is 5.92. The highest BCUT2D eigenvalue weighted by atomic mass is 16.1. The molecule has 2 aromatic rings. The Morgan fingerprint density at radius 3 is 2.39 bits per heavy atom. The first kappa shape index (κ1) is 12.2. The Kier molecular flexibility index (Phi) is 4.02. The van der Waals surface area contributed by atoms with Crippen LogP contribution in [0.15, 0.2) is 59.6 Å². The van der Waals surface area contributed by atoms with Crippen LogP contribution in [0.4, 0.5) is 5.69 Å². The molecule has 0 N–H and O–H groups in total. The molecule has 0 aromatic heterocycles. The summed E-state index contributed by atoms with van der Waals surface area (Å²) in [6, 6.07) is 17.4. The molecule has 2 nitrogen and oxygen atoms in total. The molecule has 0 fully saturated rings. The number of benzene rings is 2. The SMILES string of the molecule is CCC(=Nc1ccccc1C=O)c1ccccc1. The third-order valence-corrected chi connectivity index (χ3v) is 2.76. The van der Waals surface area contributed by atoms with Gasteiger partial charge in [-0.25, -0.2) is 0 Å². The van der Waals surface area contributed by atoms with Crippen LogP contribution in [0, 0.1) is 0 Å². The standard InChI is InChI=1S/C16H15NO/c1-2-15(13-8-4-3-5-9-13)17-16-11-7-6-10-14(16)12-18/h3-12H,2H2,1H3. The third-order valence-electron chi connectivity index (χ3n) is 2.76. The van der Waals surface area contributed by atoms with E-state index in [4.69, 9.17) is 0 Å². The van der Waals surface area contributed by atoms with Crippen molar-refractivity contribution in [3.63, 3.8) is 0 Å². The maximum Gasteiger partial charge on any atom is 0.152 e. The van der Waals surface area contributed by atoms with Crippen molar-refractivity contribution in [2.24, 2.45) is 4.99 Å². The van der Waals surface area contributed by atoms with Crippen LogP contribution in [-0.2, 0) is 0 Å². The van der Waals surface area contributed by atoms with Gasteiger partial charge in [0.25, 0.3) is 0 Å². The number of hydrogen-bond acceptors (Lipinski definition) is 2. The van der Waals surface area contributed by atoms with E-state index in [1.165, 1.54) is 0 Å². The van der Waals surface area contributed by atoms with Gasteiger partial charge in [-0.15, -0.1) is 0 Å². The fourth-order valence-corrected chi connectivity index (χ4v) is 1.81. The maximum atomic E-state index is 11.0. The number of para-hydroxylation sites is 1. The topological polar surface area (TPSA) is 29.4 Å². The van der Waals surface area contributed by atoms with E-state index in [1.807, 2.05) is 48.5 Å². The van der Waals surface area contributed by atoms with Crippen LogP contribution in [0.2, 0.25) is 0 Å². The Hall–Kier alpha value is -2.22. The maximum absolute atomic E-state index is 11.0. The van der Waals surface area contributed by atoms with Crippen LogP contribution in [0.3, 0.4) is 0 Å². The molecule has 0 saturated heterocycles. The van der Waals surface area contributed by atoms with Crippen molar-refractivity contribution in [2.45, 2.75) is 13.3 Å². The van der Waals surface area contributed by atoms with E-state index in [1.54, 1.807) is 6.07 Å². The second-order valence-electron chi connectivity index (χ2n) is 3.95. The van der Waals surface area contributed by atoms with Gasteiger partial charge in [-0.05, 0) is 24.1 Å². The van der Waals surface area contributed by atoms with E-state index < -0.39 is 0 Å². The minimum absolute atomic E-state index is 0.624. The monoisotopic (exact) mass is 237 g/mol. The van der Waals surface area contributed by atoms with Gasteiger partial charge in [-0.1, -0.05) is 49.4 Å². The average Bonchev–Trinajstić information content (AvgIpc) is 2.46. The number of carbonyl (C=O) groups excluding carboxylic acids is 1. The molecule has 0 bridgehead atoms. The van der Waals surface area contributed by atoms with Gasteiger partial charge in [0.05, 0.1) is 5.69 Å². The lowest BCUT2D eigenvalue weighted by atomic mass is 10.1. The molecule has 2 rings (SSSR count). The van der Waals surface area contributed by atoms with Crippen molar-refractivity contribution in [2.75, 3.05) is 0 Å². The molecule has 0 aliphatic carbocycles. The molecular formula is C16H15NO. The summed E-state index contributed by atoms with van der Waals surface area (Å²) in [4.78, 5) is 15.6. The first-order chi connectivity index (χ1) is 8.85. The smallest absolute Gasteiger partial charge is 0.152 e. The molecule has 0 aliphatic heterocycles. The predicted octanol–water partition coefficient (Wildman–Crippen LogP) is 4.03. The lowest BCUT2D eigenvalue weighted by Crippen LogP contribution is -1.98. The summed E-state index contributed by atoms with van der Waals surface area (Å²) in [6.07, 6.45) is 1.67. The second-order valence-corrected chi connectivity index (χ2v) is 3.95. The summed E-state index contributed by atoms with van der Waals surface area (Å²) >= 11 is 0. The number of carbonyl (C=O) groups is 1. The zero-order valence-corrected chi connectivity index (χ0v) is 10.3. The molecule has 0 aliphatic rings. The van der Waals surface area contributed by atoms with Gasteiger partial charge in [0, 0.05) is 11.3 Å². The van der Waals surface area contributed by atoms with Gasteiger partial charge < -0.3 is 0 Å². The summed E-state index contributed by atoms with van der Waals surface area (Å²) in [5.74, 6) is 0. The van der Waals surface area contributed by atoms with Gasteiger partial charge in [-0.2, -0.15) is 0 Å². The molecule has 18 heavy (non-hydrogen) atoms. The van der Waals surface area contributed by atoms with Gasteiger partial charge in [0.2, 0.25) is 0 Å². The van der Waals surface area contributed by atoms with Crippen molar-refractivity contribution >= 4 is 17.7 Å². The van der Waals surface area contributed by atoms with E-state index in [-0.39, 0.29) is 0 Å². The van der Waals surface area contributed by atoms with Crippen molar-refractivity contribution in [1.82, 2.24) is 0 Å². The van der Waals surface area contributed by atoms with Crippen LogP contribution in [0.5, 0.6) is 0 Å². The zero-order valence-electron chi connectivity index (χ0n) is 10.3. The molecule has 0 amide bonds. The van der Waals surface area contributed by atoms with E-state index in [9.17, 15) is 4.79 Å². The first-order valence-electron chi connectivity index (χ1n) is 6.02. The minimum atomic E-state index is 0.624. The Morgan fingerprint density at radius 2 is 1.72 bits per heavy atom. The van der Waals surface area contributed by atoms with Crippen LogP contribution >= 0.6 is 0 Å². The number of hydrogen-bond donors (Lipinski definition) is 0. The van der Waals surface area contributed by atoms with Crippen molar-refractivity contribution in [1.29, 1.82) is 0 Å². The normalized spacial score (nSPS) is 11.3. The number of nitrogens with zero attached hydrogens (tertiary/aromatic N) is 1. The average molecular weight is 237 g/mol. The largest absolute Gasteiger partial charge is 0.298 e. The van der Waals surface area contributed by atoms with Gasteiger partial charge in [0.1, 0.15) is 0 Å². The summed E-state index contributed by atoms with van der Waals surface area (Å²) in [6.45, 7) is 2.06.